The summed E-state index contributed by atoms with van der Waals surface area (Å²) in [6.45, 7) is 0. The first kappa shape index (κ1) is 6.26. The Bertz CT molecular complexity index is 370. The van der Waals surface area contributed by atoms with Gasteiger partial charge < -0.3 is 10.5 Å². The van der Waals surface area contributed by atoms with Crippen molar-refractivity contribution in [2.45, 2.75) is 12.2 Å². The van der Waals surface area contributed by atoms with Gasteiger partial charge in [0.25, 0.3) is 0 Å². The number of hydrogen-bond acceptors (Lipinski definition) is 2. The van der Waals surface area contributed by atoms with Gasteiger partial charge in [-0.25, -0.2) is 0 Å². The molecule has 1 aromatic rings. The molecule has 2 bridgehead atoms. The predicted octanol–water partition coefficient (Wildman–Crippen LogP) is 1.95. The van der Waals surface area contributed by atoms with Crippen LogP contribution in [0.25, 0.3) is 0 Å². The van der Waals surface area contributed by atoms with Gasteiger partial charge in [0.2, 0.25) is 0 Å². The molecule has 60 valence electrons. The Morgan fingerprint density at radius 1 is 1.17 bits per heavy atom. The molecule has 0 saturated heterocycles. The highest BCUT2D eigenvalue weighted by Gasteiger charge is 2.34. The van der Waals surface area contributed by atoms with E-state index in [1.165, 1.54) is 11.1 Å². The first-order valence-corrected chi connectivity index (χ1v) is 4.08. The summed E-state index contributed by atoms with van der Waals surface area (Å²) in [5.41, 5.74) is 9.11. The molecule has 2 heterocycles. The van der Waals surface area contributed by atoms with Gasteiger partial charge in [-0.3, -0.25) is 0 Å². The van der Waals surface area contributed by atoms with Crippen molar-refractivity contribution in [3.05, 3.63) is 41.5 Å². The Morgan fingerprint density at radius 2 is 2.00 bits per heavy atom. The Labute approximate surface area is 70.6 Å². The average Bonchev–Trinajstić information content (AvgIpc) is 2.64. The smallest absolute Gasteiger partial charge is 0.104 e. The fourth-order valence-corrected chi connectivity index (χ4v) is 1.97. The summed E-state index contributed by atoms with van der Waals surface area (Å²) in [4.78, 5) is 0. The summed E-state index contributed by atoms with van der Waals surface area (Å²) < 4.78 is 5.63. The van der Waals surface area contributed by atoms with E-state index in [9.17, 15) is 0 Å². The quantitative estimate of drug-likeness (QED) is 0.464. The molecule has 2 N–H and O–H groups in total. The molecule has 0 fully saturated rings. The SMILES string of the molecule is Nc1cccc2c1C1C=CC2O1. The number of hydrogen-bond donors (Lipinski definition) is 1. The lowest BCUT2D eigenvalue weighted by molar-refractivity contribution is 0.0881. The highest BCUT2D eigenvalue weighted by Crippen LogP contribution is 2.47. The standard InChI is InChI=1S/C10H9NO/c11-7-3-1-2-6-8-4-5-9(12-8)10(6)7/h1-5,8-9H,11H2. The van der Waals surface area contributed by atoms with Crippen LogP contribution in [0.3, 0.4) is 0 Å². The third kappa shape index (κ3) is 0.588. The van der Waals surface area contributed by atoms with Crippen LogP contribution < -0.4 is 5.73 Å². The molecule has 2 nitrogen and oxygen atoms in total. The molecule has 0 radical (unpaired) electrons. The molecule has 2 aliphatic heterocycles. The molecule has 0 aliphatic carbocycles. The molecular formula is C10H9NO. The Kier molecular flexibility index (Phi) is 0.991. The monoisotopic (exact) mass is 159 g/mol. The van der Waals surface area contributed by atoms with Crippen LogP contribution in [0.4, 0.5) is 5.69 Å². The van der Waals surface area contributed by atoms with Crippen molar-refractivity contribution in [3.63, 3.8) is 0 Å². The largest absolute Gasteiger partial charge is 0.398 e. The van der Waals surface area contributed by atoms with E-state index in [4.69, 9.17) is 10.5 Å². The number of anilines is 1. The maximum Gasteiger partial charge on any atom is 0.104 e. The Morgan fingerprint density at radius 3 is 2.83 bits per heavy atom. The Hall–Kier alpha value is -1.28. The fourth-order valence-electron chi connectivity index (χ4n) is 1.97. The van der Waals surface area contributed by atoms with Gasteiger partial charge in [-0.2, -0.15) is 0 Å². The van der Waals surface area contributed by atoms with E-state index in [2.05, 4.69) is 18.2 Å². The second-order valence-electron chi connectivity index (χ2n) is 3.21. The minimum atomic E-state index is 0.117. The molecule has 0 saturated carbocycles. The number of nitrogen functional groups attached to an aromatic ring is 1. The molecule has 2 atom stereocenters. The van der Waals surface area contributed by atoms with Crippen molar-refractivity contribution < 1.29 is 4.74 Å². The topological polar surface area (TPSA) is 35.2 Å². The lowest BCUT2D eigenvalue weighted by atomic mass is 9.96. The van der Waals surface area contributed by atoms with E-state index in [0.29, 0.717) is 0 Å². The lowest BCUT2D eigenvalue weighted by Gasteiger charge is -2.08. The van der Waals surface area contributed by atoms with E-state index < -0.39 is 0 Å². The minimum Gasteiger partial charge on any atom is -0.398 e. The van der Waals surface area contributed by atoms with Gasteiger partial charge in [0.1, 0.15) is 12.2 Å². The van der Waals surface area contributed by atoms with E-state index in [0.717, 1.165) is 5.69 Å². The molecular weight excluding hydrogens is 150 g/mol. The van der Waals surface area contributed by atoms with Gasteiger partial charge in [0.15, 0.2) is 0 Å². The average molecular weight is 159 g/mol. The van der Waals surface area contributed by atoms with Crippen molar-refractivity contribution in [3.8, 4) is 0 Å². The van der Waals surface area contributed by atoms with Gasteiger partial charge >= 0.3 is 0 Å². The van der Waals surface area contributed by atoms with E-state index in [1.54, 1.807) is 0 Å². The third-order valence-electron chi connectivity index (χ3n) is 2.52. The van der Waals surface area contributed by atoms with Gasteiger partial charge in [-0.05, 0) is 11.6 Å². The number of ether oxygens (including phenoxy) is 1. The molecule has 3 rings (SSSR count). The van der Waals surface area contributed by atoms with E-state index in [-0.39, 0.29) is 12.2 Å². The summed E-state index contributed by atoms with van der Waals surface area (Å²) in [7, 11) is 0. The molecule has 2 heteroatoms. The van der Waals surface area contributed by atoms with Crippen molar-refractivity contribution in [2.24, 2.45) is 0 Å². The first-order valence-electron chi connectivity index (χ1n) is 4.08. The number of nitrogens with two attached hydrogens (primary N) is 1. The van der Waals surface area contributed by atoms with E-state index >= 15 is 0 Å². The number of rotatable bonds is 0. The van der Waals surface area contributed by atoms with Crippen LogP contribution >= 0.6 is 0 Å². The second kappa shape index (κ2) is 1.90. The zero-order valence-corrected chi connectivity index (χ0v) is 6.53. The van der Waals surface area contributed by atoms with Crippen LogP contribution in [-0.2, 0) is 4.74 Å². The van der Waals surface area contributed by atoms with E-state index in [1.807, 2.05) is 12.1 Å². The number of benzene rings is 1. The molecule has 2 unspecified atom stereocenters. The zero-order chi connectivity index (χ0) is 8.13. The fraction of sp³-hybridized carbons (Fsp3) is 0.200. The summed E-state index contributed by atoms with van der Waals surface area (Å²) in [6, 6.07) is 5.99. The van der Waals surface area contributed by atoms with Crippen LogP contribution in [0.2, 0.25) is 0 Å². The van der Waals surface area contributed by atoms with Crippen LogP contribution in [0.5, 0.6) is 0 Å². The van der Waals surface area contributed by atoms with Gasteiger partial charge in [0, 0.05) is 11.3 Å². The minimum absolute atomic E-state index is 0.117. The van der Waals surface area contributed by atoms with Crippen molar-refractivity contribution in [1.82, 2.24) is 0 Å². The zero-order valence-electron chi connectivity index (χ0n) is 6.53. The summed E-state index contributed by atoms with van der Waals surface area (Å²) in [5.74, 6) is 0. The second-order valence-corrected chi connectivity index (χ2v) is 3.21. The molecule has 2 aliphatic rings. The summed E-state index contributed by atoms with van der Waals surface area (Å²) in [6.07, 6.45) is 4.44. The normalized spacial score (nSPS) is 29.3. The van der Waals surface area contributed by atoms with Gasteiger partial charge in [-0.15, -0.1) is 0 Å². The van der Waals surface area contributed by atoms with Crippen molar-refractivity contribution in [1.29, 1.82) is 0 Å². The number of fused-ring (bicyclic) bond motifs is 5. The summed E-state index contributed by atoms with van der Waals surface area (Å²) >= 11 is 0. The van der Waals surface area contributed by atoms with Gasteiger partial charge in [-0.1, -0.05) is 24.3 Å². The van der Waals surface area contributed by atoms with Crippen molar-refractivity contribution >= 4 is 5.69 Å². The van der Waals surface area contributed by atoms with Crippen LogP contribution in [0.15, 0.2) is 30.4 Å². The Balaban J connectivity index is 2.30. The highest BCUT2D eigenvalue weighted by atomic mass is 16.5. The third-order valence-corrected chi connectivity index (χ3v) is 2.52. The van der Waals surface area contributed by atoms with Crippen LogP contribution in [0.1, 0.15) is 23.3 Å². The molecule has 0 amide bonds. The molecule has 0 spiro atoms. The molecule has 1 aromatic carbocycles. The van der Waals surface area contributed by atoms with Crippen LogP contribution in [0, 0.1) is 0 Å². The predicted molar refractivity (Wildman–Crippen MR) is 46.6 cm³/mol. The lowest BCUT2D eigenvalue weighted by Crippen LogP contribution is -1.98. The maximum atomic E-state index is 5.84. The van der Waals surface area contributed by atoms with Crippen LogP contribution in [-0.4, -0.2) is 0 Å². The molecule has 0 aromatic heterocycles. The molecule has 12 heavy (non-hydrogen) atoms. The highest BCUT2D eigenvalue weighted by molar-refractivity contribution is 5.58. The van der Waals surface area contributed by atoms with Gasteiger partial charge in [0.05, 0.1) is 0 Å². The maximum absolute atomic E-state index is 5.84. The first-order chi connectivity index (χ1) is 5.86. The summed E-state index contributed by atoms with van der Waals surface area (Å²) in [5, 5.41) is 0. The van der Waals surface area contributed by atoms with Crippen molar-refractivity contribution in [2.75, 3.05) is 5.73 Å².